The van der Waals surface area contributed by atoms with Crippen molar-refractivity contribution in [3.05, 3.63) is 65.6 Å². The Balaban J connectivity index is 2.25. The van der Waals surface area contributed by atoms with Crippen molar-refractivity contribution >= 4 is 10.8 Å². The molecule has 0 saturated carbocycles. The predicted molar refractivity (Wildman–Crippen MR) is 90.5 cm³/mol. The van der Waals surface area contributed by atoms with E-state index in [1.807, 2.05) is 19.1 Å². The first-order valence-electron chi connectivity index (χ1n) is 7.85. The molecule has 0 bridgehead atoms. The molecule has 1 aromatic heterocycles. The van der Waals surface area contributed by atoms with E-state index >= 15 is 0 Å². The van der Waals surface area contributed by atoms with E-state index in [0.29, 0.717) is 0 Å². The van der Waals surface area contributed by atoms with Gasteiger partial charge in [-0.2, -0.15) is 0 Å². The molecular formula is C20H20FN. The van der Waals surface area contributed by atoms with Gasteiger partial charge >= 0.3 is 0 Å². The van der Waals surface area contributed by atoms with Crippen LogP contribution in [-0.4, -0.2) is 4.98 Å². The zero-order valence-electron chi connectivity index (χ0n) is 13.1. The molecule has 112 valence electrons. The lowest BCUT2D eigenvalue weighted by Crippen LogP contribution is -1.99. The molecule has 0 saturated heterocycles. The second-order valence-corrected chi connectivity index (χ2v) is 5.68. The number of unbranched alkanes of at least 4 members (excludes halogenated alkanes) is 1. The van der Waals surface area contributed by atoms with Crippen LogP contribution in [-0.2, 0) is 6.42 Å². The van der Waals surface area contributed by atoms with E-state index in [2.05, 4.69) is 31.2 Å². The highest BCUT2D eigenvalue weighted by molar-refractivity contribution is 5.91. The third-order valence-corrected chi connectivity index (χ3v) is 4.11. The molecule has 2 heteroatoms. The SMILES string of the molecule is CCCCc1c(-c2ccc(F)cc2)nc(C)c2ccccc12. The number of aromatic nitrogens is 1. The van der Waals surface area contributed by atoms with Gasteiger partial charge in [0.15, 0.2) is 0 Å². The molecule has 0 spiro atoms. The fourth-order valence-corrected chi connectivity index (χ4v) is 2.94. The third-order valence-electron chi connectivity index (χ3n) is 4.11. The van der Waals surface area contributed by atoms with Crippen molar-refractivity contribution in [2.45, 2.75) is 33.1 Å². The van der Waals surface area contributed by atoms with Crippen molar-refractivity contribution in [2.75, 3.05) is 0 Å². The maximum absolute atomic E-state index is 13.2. The number of hydrogen-bond acceptors (Lipinski definition) is 1. The van der Waals surface area contributed by atoms with Gasteiger partial charge < -0.3 is 0 Å². The minimum Gasteiger partial charge on any atom is -0.252 e. The maximum Gasteiger partial charge on any atom is 0.123 e. The number of fused-ring (bicyclic) bond motifs is 1. The fraction of sp³-hybridized carbons (Fsp3) is 0.250. The molecular weight excluding hydrogens is 273 g/mol. The molecule has 2 aromatic carbocycles. The summed E-state index contributed by atoms with van der Waals surface area (Å²) in [5, 5.41) is 2.47. The number of aryl methyl sites for hydroxylation is 2. The van der Waals surface area contributed by atoms with Crippen molar-refractivity contribution in [1.82, 2.24) is 4.98 Å². The van der Waals surface area contributed by atoms with Gasteiger partial charge in [0.05, 0.1) is 5.69 Å². The summed E-state index contributed by atoms with van der Waals surface area (Å²) in [6.45, 7) is 4.24. The molecule has 0 N–H and O–H groups in total. The zero-order chi connectivity index (χ0) is 15.5. The molecule has 1 heterocycles. The number of rotatable bonds is 4. The van der Waals surface area contributed by atoms with Crippen LogP contribution in [0.15, 0.2) is 48.5 Å². The third kappa shape index (κ3) is 2.74. The van der Waals surface area contributed by atoms with E-state index in [1.54, 1.807) is 0 Å². The van der Waals surface area contributed by atoms with E-state index in [1.165, 1.54) is 28.5 Å². The quantitative estimate of drug-likeness (QED) is 0.602. The summed E-state index contributed by atoms with van der Waals surface area (Å²) >= 11 is 0. The normalized spacial score (nSPS) is 11.0. The van der Waals surface area contributed by atoms with Crippen LogP contribution in [0, 0.1) is 12.7 Å². The highest BCUT2D eigenvalue weighted by Crippen LogP contribution is 2.31. The smallest absolute Gasteiger partial charge is 0.123 e. The Morgan fingerprint density at radius 3 is 2.32 bits per heavy atom. The molecule has 0 atom stereocenters. The molecule has 3 aromatic rings. The molecule has 0 fully saturated rings. The molecule has 0 radical (unpaired) electrons. The Morgan fingerprint density at radius 2 is 1.64 bits per heavy atom. The number of nitrogens with zero attached hydrogens (tertiary/aromatic N) is 1. The van der Waals surface area contributed by atoms with Gasteiger partial charge in [-0.1, -0.05) is 37.6 Å². The molecule has 0 aliphatic heterocycles. The van der Waals surface area contributed by atoms with Crippen LogP contribution in [0.3, 0.4) is 0 Å². The van der Waals surface area contributed by atoms with E-state index in [0.717, 1.165) is 36.2 Å². The molecule has 3 rings (SSSR count). The minimum absolute atomic E-state index is 0.212. The first kappa shape index (κ1) is 14.7. The number of pyridine rings is 1. The average Bonchev–Trinajstić information content (AvgIpc) is 2.55. The van der Waals surface area contributed by atoms with Crippen LogP contribution < -0.4 is 0 Å². The highest BCUT2D eigenvalue weighted by atomic mass is 19.1. The van der Waals surface area contributed by atoms with Crippen LogP contribution in [0.1, 0.15) is 31.0 Å². The molecule has 1 nitrogen and oxygen atoms in total. The molecule has 0 amide bonds. The Bertz CT molecular complexity index is 791. The van der Waals surface area contributed by atoms with Crippen LogP contribution in [0.4, 0.5) is 4.39 Å². The lowest BCUT2D eigenvalue weighted by molar-refractivity contribution is 0.628. The lowest BCUT2D eigenvalue weighted by atomic mass is 9.94. The summed E-state index contributed by atoms with van der Waals surface area (Å²) in [6.07, 6.45) is 3.27. The number of halogens is 1. The largest absolute Gasteiger partial charge is 0.252 e. The van der Waals surface area contributed by atoms with Crippen LogP contribution in [0.2, 0.25) is 0 Å². The summed E-state index contributed by atoms with van der Waals surface area (Å²) in [4.78, 5) is 4.83. The van der Waals surface area contributed by atoms with Gasteiger partial charge in [0.2, 0.25) is 0 Å². The van der Waals surface area contributed by atoms with Crippen molar-refractivity contribution in [3.63, 3.8) is 0 Å². The fourth-order valence-electron chi connectivity index (χ4n) is 2.94. The Morgan fingerprint density at radius 1 is 0.955 bits per heavy atom. The van der Waals surface area contributed by atoms with Gasteiger partial charge in [-0.05, 0) is 55.0 Å². The molecule has 0 unspecified atom stereocenters. The minimum atomic E-state index is -0.212. The first-order chi connectivity index (χ1) is 10.7. The molecule has 0 aliphatic carbocycles. The summed E-state index contributed by atoms with van der Waals surface area (Å²) in [7, 11) is 0. The highest BCUT2D eigenvalue weighted by Gasteiger charge is 2.13. The van der Waals surface area contributed by atoms with E-state index in [4.69, 9.17) is 4.98 Å². The number of benzene rings is 2. The Hall–Kier alpha value is -2.22. The van der Waals surface area contributed by atoms with E-state index in [-0.39, 0.29) is 5.82 Å². The van der Waals surface area contributed by atoms with Gasteiger partial charge in [0.1, 0.15) is 5.82 Å². The summed E-state index contributed by atoms with van der Waals surface area (Å²) in [5.41, 5.74) is 4.27. The van der Waals surface area contributed by atoms with Gasteiger partial charge in [0.25, 0.3) is 0 Å². The Labute approximate surface area is 130 Å². The van der Waals surface area contributed by atoms with E-state index < -0.39 is 0 Å². The van der Waals surface area contributed by atoms with Crippen LogP contribution >= 0.6 is 0 Å². The topological polar surface area (TPSA) is 12.9 Å². The second-order valence-electron chi connectivity index (χ2n) is 5.68. The molecule has 22 heavy (non-hydrogen) atoms. The van der Waals surface area contributed by atoms with Crippen molar-refractivity contribution in [1.29, 1.82) is 0 Å². The van der Waals surface area contributed by atoms with Gasteiger partial charge in [-0.25, -0.2) is 4.39 Å². The van der Waals surface area contributed by atoms with Crippen molar-refractivity contribution in [2.24, 2.45) is 0 Å². The standard InChI is InChI=1S/C20H20FN/c1-3-4-7-19-18-9-6-5-8-17(18)14(2)22-20(19)15-10-12-16(21)13-11-15/h5-6,8-13H,3-4,7H2,1-2H3. The van der Waals surface area contributed by atoms with Crippen molar-refractivity contribution < 1.29 is 4.39 Å². The monoisotopic (exact) mass is 293 g/mol. The predicted octanol–water partition coefficient (Wildman–Crippen LogP) is 5.69. The Kier molecular flexibility index (Phi) is 4.19. The molecule has 0 aliphatic rings. The second kappa shape index (κ2) is 6.27. The van der Waals surface area contributed by atoms with Crippen LogP contribution in [0.5, 0.6) is 0 Å². The van der Waals surface area contributed by atoms with Crippen LogP contribution in [0.25, 0.3) is 22.0 Å². The van der Waals surface area contributed by atoms with Gasteiger partial charge in [-0.15, -0.1) is 0 Å². The average molecular weight is 293 g/mol. The first-order valence-corrected chi connectivity index (χ1v) is 7.85. The number of hydrogen-bond donors (Lipinski definition) is 0. The van der Waals surface area contributed by atoms with Gasteiger partial charge in [0, 0.05) is 16.6 Å². The van der Waals surface area contributed by atoms with E-state index in [9.17, 15) is 4.39 Å². The lowest BCUT2D eigenvalue weighted by Gasteiger charge is -2.14. The summed E-state index contributed by atoms with van der Waals surface area (Å²) in [5.74, 6) is -0.212. The summed E-state index contributed by atoms with van der Waals surface area (Å²) in [6, 6.07) is 15.1. The van der Waals surface area contributed by atoms with Crippen molar-refractivity contribution in [3.8, 4) is 11.3 Å². The zero-order valence-corrected chi connectivity index (χ0v) is 13.1. The summed E-state index contributed by atoms with van der Waals surface area (Å²) < 4.78 is 13.2. The maximum atomic E-state index is 13.2. The van der Waals surface area contributed by atoms with Gasteiger partial charge in [-0.3, -0.25) is 4.98 Å².